The molecule has 2 N–H and O–H groups in total. The van der Waals surface area contributed by atoms with E-state index in [9.17, 15) is 22.4 Å². The van der Waals surface area contributed by atoms with Gasteiger partial charge in [0.25, 0.3) is 0 Å². The zero-order valence-electron chi connectivity index (χ0n) is 20.8. The van der Waals surface area contributed by atoms with Crippen molar-refractivity contribution in [2.45, 2.75) is 31.7 Å². The summed E-state index contributed by atoms with van der Waals surface area (Å²) in [5.74, 6) is -4.65. The zero-order chi connectivity index (χ0) is 26.5. The molecule has 1 saturated heterocycles. The Balaban J connectivity index is 1.59. The molecule has 0 spiro atoms. The second-order valence-corrected chi connectivity index (χ2v) is 9.53. The van der Waals surface area contributed by atoms with Gasteiger partial charge in [0.05, 0.1) is 18.1 Å². The smallest absolute Gasteiger partial charge is 0.228 e. The number of carbonyl (C=O) groups excluding carboxylic acids is 1. The van der Waals surface area contributed by atoms with E-state index >= 15 is 0 Å². The fourth-order valence-corrected chi connectivity index (χ4v) is 4.91. The highest BCUT2D eigenvalue weighted by Crippen LogP contribution is 2.34. The largest absolute Gasteiger partial charge is 0.324 e. The number of anilines is 1. The molecule has 196 valence electrons. The van der Waals surface area contributed by atoms with E-state index < -0.39 is 41.0 Å². The molecule has 2 aromatic carbocycles. The highest BCUT2D eigenvalue weighted by atomic mass is 19.1. The summed E-state index contributed by atoms with van der Waals surface area (Å²) in [6, 6.07) is 8.72. The highest BCUT2D eigenvalue weighted by Gasteiger charge is 2.29. The topological polar surface area (TPSA) is 57.3 Å². The van der Waals surface area contributed by atoms with Gasteiger partial charge < -0.3 is 15.5 Å². The predicted molar refractivity (Wildman–Crippen MR) is 134 cm³/mol. The van der Waals surface area contributed by atoms with Crippen LogP contribution in [-0.2, 0) is 11.2 Å². The number of nitrogens with zero attached hydrogens (tertiary/aromatic N) is 2. The third kappa shape index (κ3) is 6.53. The summed E-state index contributed by atoms with van der Waals surface area (Å²) in [7, 11) is 2.03. The minimum atomic E-state index is -0.837. The van der Waals surface area contributed by atoms with Crippen LogP contribution in [0, 0.1) is 29.2 Å². The molecule has 3 atom stereocenters. The molecule has 1 amide bonds. The van der Waals surface area contributed by atoms with Crippen LogP contribution in [0.5, 0.6) is 0 Å². The molecule has 0 bridgehead atoms. The van der Waals surface area contributed by atoms with E-state index in [1.807, 2.05) is 7.05 Å². The first-order valence-electron chi connectivity index (χ1n) is 12.3. The minimum absolute atomic E-state index is 0.231. The van der Waals surface area contributed by atoms with E-state index in [0.717, 1.165) is 44.0 Å². The lowest BCUT2D eigenvalue weighted by atomic mass is 9.81. The van der Waals surface area contributed by atoms with Crippen LogP contribution in [0.2, 0.25) is 0 Å². The number of piperazine rings is 1. The Morgan fingerprint density at radius 2 is 1.76 bits per heavy atom. The Morgan fingerprint density at radius 1 is 1.05 bits per heavy atom. The van der Waals surface area contributed by atoms with Crippen molar-refractivity contribution >= 4 is 11.6 Å². The SMILES string of the molecule is C[C@H](C(=O)Nc1cncc(F)c1CC[C@H]1CNCCN1C)[C@@H](c1ccc(F)cc1)c1cc(F)cc(F)c1. The van der Waals surface area contributed by atoms with Crippen LogP contribution in [0.25, 0.3) is 0 Å². The van der Waals surface area contributed by atoms with Gasteiger partial charge in [-0.25, -0.2) is 17.6 Å². The van der Waals surface area contributed by atoms with Gasteiger partial charge in [-0.1, -0.05) is 19.1 Å². The second-order valence-electron chi connectivity index (χ2n) is 9.53. The first-order valence-corrected chi connectivity index (χ1v) is 12.3. The summed E-state index contributed by atoms with van der Waals surface area (Å²) in [4.78, 5) is 19.5. The normalized spacial score (nSPS) is 17.8. The van der Waals surface area contributed by atoms with E-state index in [4.69, 9.17) is 0 Å². The van der Waals surface area contributed by atoms with Gasteiger partial charge >= 0.3 is 0 Å². The Bertz CT molecular complexity index is 1220. The number of pyridine rings is 1. The van der Waals surface area contributed by atoms with Gasteiger partial charge in [-0.2, -0.15) is 0 Å². The maximum atomic E-state index is 14.8. The molecule has 1 aliphatic rings. The van der Waals surface area contributed by atoms with Gasteiger partial charge in [-0.15, -0.1) is 0 Å². The molecule has 37 heavy (non-hydrogen) atoms. The number of carbonyl (C=O) groups is 1. The molecule has 0 radical (unpaired) electrons. The second kappa shape index (κ2) is 11.8. The van der Waals surface area contributed by atoms with Crippen molar-refractivity contribution in [2.24, 2.45) is 5.92 Å². The van der Waals surface area contributed by atoms with Crippen molar-refractivity contribution in [2.75, 3.05) is 32.0 Å². The number of hydrogen-bond donors (Lipinski definition) is 2. The van der Waals surface area contributed by atoms with Crippen LogP contribution in [0.4, 0.5) is 23.2 Å². The van der Waals surface area contributed by atoms with Crippen LogP contribution in [0.15, 0.2) is 54.9 Å². The third-order valence-corrected chi connectivity index (χ3v) is 7.02. The summed E-state index contributed by atoms with van der Waals surface area (Å²) in [6.07, 6.45) is 3.60. The van der Waals surface area contributed by atoms with Crippen molar-refractivity contribution in [3.05, 3.63) is 94.8 Å². The molecule has 9 heteroatoms. The molecule has 0 saturated carbocycles. The Kier molecular flexibility index (Phi) is 8.56. The summed E-state index contributed by atoms with van der Waals surface area (Å²) < 4.78 is 56.6. The number of benzene rings is 2. The lowest BCUT2D eigenvalue weighted by Crippen LogP contribution is -2.49. The van der Waals surface area contributed by atoms with Gasteiger partial charge in [-0.05, 0) is 55.3 Å². The average Bonchev–Trinajstić information content (AvgIpc) is 2.85. The van der Waals surface area contributed by atoms with Crippen molar-refractivity contribution in [1.82, 2.24) is 15.2 Å². The molecule has 1 aliphatic heterocycles. The number of aromatic nitrogens is 1. The van der Waals surface area contributed by atoms with E-state index in [1.54, 1.807) is 6.92 Å². The third-order valence-electron chi connectivity index (χ3n) is 7.02. The van der Waals surface area contributed by atoms with Gasteiger partial charge in [0, 0.05) is 49.1 Å². The lowest BCUT2D eigenvalue weighted by Gasteiger charge is -2.33. The molecule has 0 unspecified atom stereocenters. The van der Waals surface area contributed by atoms with Crippen LogP contribution < -0.4 is 10.6 Å². The summed E-state index contributed by atoms with van der Waals surface area (Å²) in [5.41, 5.74) is 1.35. The molecule has 3 aromatic rings. The minimum Gasteiger partial charge on any atom is -0.324 e. The molecule has 5 nitrogen and oxygen atoms in total. The average molecular weight is 515 g/mol. The number of nitrogens with one attached hydrogen (secondary N) is 2. The first-order chi connectivity index (χ1) is 17.7. The monoisotopic (exact) mass is 514 g/mol. The quantitative estimate of drug-likeness (QED) is 0.421. The van der Waals surface area contributed by atoms with Crippen molar-refractivity contribution in [1.29, 1.82) is 0 Å². The lowest BCUT2D eigenvalue weighted by molar-refractivity contribution is -0.119. The fourth-order valence-electron chi connectivity index (χ4n) is 4.91. The predicted octanol–water partition coefficient (Wildman–Crippen LogP) is 4.88. The van der Waals surface area contributed by atoms with Gasteiger partial charge in [-0.3, -0.25) is 9.78 Å². The molecule has 1 aromatic heterocycles. The van der Waals surface area contributed by atoms with Crippen molar-refractivity contribution < 1.29 is 22.4 Å². The Morgan fingerprint density at radius 3 is 2.43 bits per heavy atom. The maximum absolute atomic E-state index is 14.8. The summed E-state index contributed by atoms with van der Waals surface area (Å²) >= 11 is 0. The maximum Gasteiger partial charge on any atom is 0.228 e. The van der Waals surface area contributed by atoms with E-state index in [2.05, 4.69) is 20.5 Å². The van der Waals surface area contributed by atoms with Gasteiger partial charge in [0.2, 0.25) is 5.91 Å². The molecule has 0 aliphatic carbocycles. The number of amides is 1. The first kappa shape index (κ1) is 26.8. The van der Waals surface area contributed by atoms with Gasteiger partial charge in [0.1, 0.15) is 23.3 Å². The van der Waals surface area contributed by atoms with Crippen LogP contribution in [0.3, 0.4) is 0 Å². The number of halogens is 4. The van der Waals surface area contributed by atoms with Crippen molar-refractivity contribution in [3.8, 4) is 0 Å². The molecule has 2 heterocycles. The van der Waals surface area contributed by atoms with Crippen LogP contribution in [0.1, 0.15) is 36.0 Å². The molecule has 4 rings (SSSR count). The molecular formula is C28H30F4N4O. The van der Waals surface area contributed by atoms with Crippen molar-refractivity contribution in [3.63, 3.8) is 0 Å². The van der Waals surface area contributed by atoms with Gasteiger partial charge in [0.15, 0.2) is 0 Å². The Labute approximate surface area is 213 Å². The van der Waals surface area contributed by atoms with E-state index in [0.29, 0.717) is 24.0 Å². The van der Waals surface area contributed by atoms with Crippen LogP contribution >= 0.6 is 0 Å². The summed E-state index contributed by atoms with van der Waals surface area (Å²) in [6.45, 7) is 4.21. The summed E-state index contributed by atoms with van der Waals surface area (Å²) in [5, 5.41) is 6.12. The Hall–Kier alpha value is -3.30. The fraction of sp³-hybridized carbons (Fsp3) is 0.357. The van der Waals surface area contributed by atoms with Crippen LogP contribution in [-0.4, -0.2) is 48.5 Å². The highest BCUT2D eigenvalue weighted by molar-refractivity contribution is 5.93. The standard InChI is InChI=1S/C28H30F4N4O/c1-17(27(18-3-5-20(29)6-4-18)19-11-21(30)13-22(31)12-19)28(37)35-26-16-34-15-25(32)24(26)8-7-23-14-33-9-10-36(23)2/h3-6,11-13,15-17,23,27,33H,7-10,14H2,1-2H3,(H,35,37)/t17-,23-,27-/m0/s1. The number of hydrogen-bond acceptors (Lipinski definition) is 4. The molecule has 1 fully saturated rings. The zero-order valence-corrected chi connectivity index (χ0v) is 20.8. The number of likely N-dealkylation sites (N-methyl/N-ethyl adjacent to an activating group) is 1. The van der Waals surface area contributed by atoms with E-state index in [-0.39, 0.29) is 17.3 Å². The number of rotatable bonds is 8. The van der Waals surface area contributed by atoms with E-state index in [1.165, 1.54) is 30.5 Å². The molecular weight excluding hydrogens is 484 g/mol.